The van der Waals surface area contributed by atoms with E-state index in [1.807, 2.05) is 0 Å². The first-order valence-corrected chi connectivity index (χ1v) is 7.10. The molecule has 10 heteroatoms. The van der Waals surface area contributed by atoms with Crippen LogP contribution in [0.3, 0.4) is 0 Å². The SMILES string of the molecule is O=C(Nc1cn[nH]c1CC(F)F)c1coc(-c2cccnc2Cl)n1. The van der Waals surface area contributed by atoms with Crippen molar-refractivity contribution in [3.63, 3.8) is 0 Å². The number of amides is 1. The second-order valence-electron chi connectivity index (χ2n) is 4.69. The molecule has 1 amide bonds. The van der Waals surface area contributed by atoms with E-state index < -0.39 is 18.8 Å². The molecule has 0 aliphatic rings. The summed E-state index contributed by atoms with van der Waals surface area (Å²) in [4.78, 5) is 20.1. The van der Waals surface area contributed by atoms with Gasteiger partial charge in [0.1, 0.15) is 11.4 Å². The molecule has 0 atom stereocenters. The van der Waals surface area contributed by atoms with Crippen molar-refractivity contribution in [3.05, 3.63) is 47.3 Å². The smallest absolute Gasteiger partial charge is 0.277 e. The van der Waals surface area contributed by atoms with Crippen molar-refractivity contribution in [1.29, 1.82) is 0 Å². The number of oxazole rings is 1. The quantitative estimate of drug-likeness (QED) is 0.687. The van der Waals surface area contributed by atoms with Crippen molar-refractivity contribution in [2.45, 2.75) is 12.8 Å². The topological polar surface area (TPSA) is 96.7 Å². The van der Waals surface area contributed by atoms with Gasteiger partial charge >= 0.3 is 0 Å². The molecule has 0 aliphatic carbocycles. The average molecular weight is 354 g/mol. The van der Waals surface area contributed by atoms with Crippen LogP contribution in [0.1, 0.15) is 16.2 Å². The van der Waals surface area contributed by atoms with Crippen LogP contribution in [0.25, 0.3) is 11.5 Å². The Morgan fingerprint density at radius 2 is 2.29 bits per heavy atom. The molecule has 3 heterocycles. The highest BCUT2D eigenvalue weighted by Gasteiger charge is 2.18. The van der Waals surface area contributed by atoms with Crippen molar-refractivity contribution in [1.82, 2.24) is 20.2 Å². The van der Waals surface area contributed by atoms with Gasteiger partial charge in [0.05, 0.1) is 29.6 Å². The van der Waals surface area contributed by atoms with E-state index in [0.717, 1.165) is 6.26 Å². The number of aromatic amines is 1. The summed E-state index contributed by atoms with van der Waals surface area (Å²) in [6.07, 6.45) is 0.777. The van der Waals surface area contributed by atoms with Crippen LogP contribution in [0.15, 0.2) is 35.2 Å². The fourth-order valence-electron chi connectivity index (χ4n) is 1.96. The molecule has 0 bridgehead atoms. The van der Waals surface area contributed by atoms with Gasteiger partial charge in [-0.25, -0.2) is 18.7 Å². The number of nitrogens with one attached hydrogen (secondary N) is 2. The van der Waals surface area contributed by atoms with Crippen LogP contribution < -0.4 is 5.32 Å². The summed E-state index contributed by atoms with van der Waals surface area (Å²) < 4.78 is 30.1. The lowest BCUT2D eigenvalue weighted by molar-refractivity contribution is 0.102. The van der Waals surface area contributed by atoms with Crippen LogP contribution >= 0.6 is 11.6 Å². The van der Waals surface area contributed by atoms with Gasteiger partial charge < -0.3 is 9.73 Å². The van der Waals surface area contributed by atoms with Gasteiger partial charge in [-0.2, -0.15) is 5.10 Å². The highest BCUT2D eigenvalue weighted by atomic mass is 35.5. The van der Waals surface area contributed by atoms with E-state index in [1.54, 1.807) is 12.1 Å². The zero-order valence-electron chi connectivity index (χ0n) is 12.0. The molecule has 3 rings (SSSR count). The van der Waals surface area contributed by atoms with Gasteiger partial charge in [0.15, 0.2) is 5.69 Å². The zero-order chi connectivity index (χ0) is 17.1. The van der Waals surface area contributed by atoms with Gasteiger partial charge in [-0.15, -0.1) is 0 Å². The predicted octanol–water partition coefficient (Wildman–Crippen LogP) is 3.17. The number of alkyl halides is 2. The molecule has 0 saturated carbocycles. The van der Waals surface area contributed by atoms with Gasteiger partial charge in [0.2, 0.25) is 12.3 Å². The first-order valence-electron chi connectivity index (χ1n) is 6.72. The van der Waals surface area contributed by atoms with Crippen LogP contribution in [0.4, 0.5) is 14.5 Å². The minimum absolute atomic E-state index is 0.0332. The molecule has 2 N–H and O–H groups in total. The Morgan fingerprint density at radius 3 is 3.04 bits per heavy atom. The summed E-state index contributed by atoms with van der Waals surface area (Å²) in [5, 5.41) is 8.70. The number of rotatable bonds is 5. The minimum Gasteiger partial charge on any atom is -0.444 e. The van der Waals surface area contributed by atoms with E-state index in [1.165, 1.54) is 12.4 Å². The van der Waals surface area contributed by atoms with E-state index in [0.29, 0.717) is 5.56 Å². The zero-order valence-corrected chi connectivity index (χ0v) is 12.7. The minimum atomic E-state index is -2.56. The molecule has 3 aromatic heterocycles. The third-order valence-electron chi connectivity index (χ3n) is 3.05. The lowest BCUT2D eigenvalue weighted by Crippen LogP contribution is -2.13. The van der Waals surface area contributed by atoms with Gasteiger partial charge in [0, 0.05) is 6.20 Å². The number of hydrogen-bond acceptors (Lipinski definition) is 5. The van der Waals surface area contributed by atoms with E-state index in [9.17, 15) is 13.6 Å². The Morgan fingerprint density at radius 1 is 1.46 bits per heavy atom. The fraction of sp³-hybridized carbons (Fsp3) is 0.143. The summed E-state index contributed by atoms with van der Waals surface area (Å²) in [5.74, 6) is -0.500. The Balaban J connectivity index is 1.78. The fourth-order valence-corrected chi connectivity index (χ4v) is 2.16. The van der Waals surface area contributed by atoms with Crippen LogP contribution in [0.2, 0.25) is 5.15 Å². The molecule has 7 nitrogen and oxygen atoms in total. The first kappa shape index (κ1) is 16.1. The molecule has 0 unspecified atom stereocenters. The second kappa shape index (κ2) is 6.75. The number of carbonyl (C=O) groups is 1. The Labute approximate surface area is 139 Å². The molecule has 0 aromatic carbocycles. The van der Waals surface area contributed by atoms with Crippen molar-refractivity contribution < 1.29 is 18.0 Å². The maximum Gasteiger partial charge on any atom is 0.277 e. The van der Waals surface area contributed by atoms with E-state index in [4.69, 9.17) is 16.0 Å². The maximum absolute atomic E-state index is 12.5. The van der Waals surface area contributed by atoms with E-state index >= 15 is 0 Å². The van der Waals surface area contributed by atoms with Gasteiger partial charge in [0.25, 0.3) is 5.91 Å². The number of H-pyrrole nitrogens is 1. The Kier molecular flexibility index (Phi) is 4.52. The number of aromatic nitrogens is 4. The van der Waals surface area contributed by atoms with Gasteiger partial charge in [-0.3, -0.25) is 9.89 Å². The number of anilines is 1. The van der Waals surface area contributed by atoms with Crippen LogP contribution in [0, 0.1) is 0 Å². The van der Waals surface area contributed by atoms with E-state index in [2.05, 4.69) is 25.5 Å². The lowest BCUT2D eigenvalue weighted by Gasteiger charge is -2.03. The highest BCUT2D eigenvalue weighted by Crippen LogP contribution is 2.25. The molecule has 0 aliphatic heterocycles. The van der Waals surface area contributed by atoms with E-state index in [-0.39, 0.29) is 28.1 Å². The molecule has 0 saturated heterocycles. The van der Waals surface area contributed by atoms with Gasteiger partial charge in [-0.1, -0.05) is 11.6 Å². The number of nitrogens with zero attached hydrogens (tertiary/aromatic N) is 3. The lowest BCUT2D eigenvalue weighted by atomic mass is 10.2. The molecule has 0 radical (unpaired) electrons. The van der Waals surface area contributed by atoms with Crippen molar-refractivity contribution in [3.8, 4) is 11.5 Å². The summed E-state index contributed by atoms with van der Waals surface area (Å²) in [5.41, 5.74) is 0.677. The third-order valence-corrected chi connectivity index (χ3v) is 3.35. The summed E-state index contributed by atoms with van der Waals surface area (Å²) in [6.45, 7) is 0. The monoisotopic (exact) mass is 353 g/mol. The van der Waals surface area contributed by atoms with Crippen LogP contribution in [-0.2, 0) is 6.42 Å². The van der Waals surface area contributed by atoms with Crippen LogP contribution in [-0.4, -0.2) is 32.5 Å². The Bertz CT molecular complexity index is 864. The van der Waals surface area contributed by atoms with Crippen molar-refractivity contribution in [2.24, 2.45) is 0 Å². The molecular weight excluding hydrogens is 344 g/mol. The van der Waals surface area contributed by atoms with Crippen LogP contribution in [0.5, 0.6) is 0 Å². The predicted molar refractivity (Wildman–Crippen MR) is 81.0 cm³/mol. The number of hydrogen-bond donors (Lipinski definition) is 2. The largest absolute Gasteiger partial charge is 0.444 e. The second-order valence-corrected chi connectivity index (χ2v) is 5.05. The molecular formula is C14H10ClF2N5O2. The van der Waals surface area contributed by atoms with Crippen molar-refractivity contribution >= 4 is 23.2 Å². The van der Waals surface area contributed by atoms with Gasteiger partial charge in [-0.05, 0) is 12.1 Å². The summed E-state index contributed by atoms with van der Waals surface area (Å²) in [6, 6.07) is 3.28. The maximum atomic E-state index is 12.5. The first-order chi connectivity index (χ1) is 11.5. The standard InChI is InChI=1S/C14H10ClF2N5O2/c15-12-7(2-1-3-18-12)14-21-10(6-24-14)13(23)20-9-5-19-22-8(9)4-11(16)17/h1-3,5-6,11H,4H2,(H,19,22)(H,20,23). The average Bonchev–Trinajstić information content (AvgIpc) is 3.17. The molecule has 0 fully saturated rings. The molecule has 3 aromatic rings. The Hall–Kier alpha value is -2.81. The molecule has 124 valence electrons. The number of carbonyl (C=O) groups excluding carboxylic acids is 1. The normalized spacial score (nSPS) is 11.0. The van der Waals surface area contributed by atoms with Crippen molar-refractivity contribution in [2.75, 3.05) is 5.32 Å². The summed E-state index contributed by atoms with van der Waals surface area (Å²) >= 11 is 5.94. The third kappa shape index (κ3) is 3.40. The molecule has 24 heavy (non-hydrogen) atoms. The highest BCUT2D eigenvalue weighted by molar-refractivity contribution is 6.31. The summed E-state index contributed by atoms with van der Waals surface area (Å²) in [7, 11) is 0. The number of halogens is 3. The molecule has 0 spiro atoms. The number of pyridine rings is 1.